The summed E-state index contributed by atoms with van der Waals surface area (Å²) in [6.45, 7) is 3.11. The van der Waals surface area contributed by atoms with Gasteiger partial charge in [-0.1, -0.05) is 0 Å². The molecule has 1 aliphatic heterocycles. The van der Waals surface area contributed by atoms with E-state index >= 15 is 0 Å². The molecule has 0 aliphatic carbocycles. The number of rotatable bonds is 5. The molecule has 4 heterocycles. The fourth-order valence-electron chi connectivity index (χ4n) is 4.34. The number of esters is 1. The van der Waals surface area contributed by atoms with Gasteiger partial charge in [-0.15, -0.1) is 0 Å². The fraction of sp³-hybridized carbons (Fsp3) is 0.304. The van der Waals surface area contributed by atoms with Crippen LogP contribution in [0.4, 0.5) is 19.0 Å². The van der Waals surface area contributed by atoms with Gasteiger partial charge in [0, 0.05) is 37.4 Å². The summed E-state index contributed by atoms with van der Waals surface area (Å²) in [7, 11) is 0. The third-order valence-electron chi connectivity index (χ3n) is 6.12. The van der Waals surface area contributed by atoms with Gasteiger partial charge in [-0.05, 0) is 47.9 Å². The molecular weight excluding hydrogens is 509 g/mol. The van der Waals surface area contributed by atoms with E-state index < -0.39 is 12.1 Å². The Morgan fingerprint density at radius 2 is 1.92 bits per heavy atom. The lowest BCUT2D eigenvalue weighted by atomic mass is 10.1. The van der Waals surface area contributed by atoms with Crippen LogP contribution in [0, 0.1) is 0 Å². The largest absolute Gasteiger partial charge is 0.491 e. The number of carbonyl (C=O) groups excluding carboxylic acids is 2. The summed E-state index contributed by atoms with van der Waals surface area (Å²) in [5, 5.41) is 7.46. The standard InChI is InChI=1S/C23H21F3N8O4/c1-2-34-18-14(21(35)33-8-7-12(27)10-33)9-29-15(16(18)30-20(34)17-19(28)32-38-31-17)11-3-5-13(6-4-11)37-22(36)23(24,25)26/h3-6,9,12H,2,7-8,10,27H2,1H3,(H2,28,32). The number of amides is 1. The number of aromatic nitrogens is 5. The van der Waals surface area contributed by atoms with Crippen LogP contribution in [0.15, 0.2) is 35.1 Å². The number of aryl methyl sites for hydroxylation is 1. The average Bonchev–Trinajstić information content (AvgIpc) is 3.60. The second-order valence-electron chi connectivity index (χ2n) is 8.61. The third-order valence-corrected chi connectivity index (χ3v) is 6.12. The van der Waals surface area contributed by atoms with E-state index in [1.54, 1.807) is 9.47 Å². The molecule has 1 unspecified atom stereocenters. The molecule has 1 aromatic carbocycles. The number of ether oxygens (including phenoxy) is 1. The van der Waals surface area contributed by atoms with E-state index in [-0.39, 0.29) is 34.8 Å². The highest BCUT2D eigenvalue weighted by Gasteiger charge is 2.41. The van der Waals surface area contributed by atoms with Crippen molar-refractivity contribution in [2.75, 3.05) is 18.8 Å². The van der Waals surface area contributed by atoms with E-state index in [0.717, 1.165) is 0 Å². The van der Waals surface area contributed by atoms with Crippen LogP contribution >= 0.6 is 0 Å². The van der Waals surface area contributed by atoms with Gasteiger partial charge < -0.3 is 25.7 Å². The Morgan fingerprint density at radius 3 is 2.50 bits per heavy atom. The van der Waals surface area contributed by atoms with Crippen molar-refractivity contribution in [2.24, 2.45) is 5.73 Å². The molecule has 0 saturated carbocycles. The number of pyridine rings is 1. The minimum Gasteiger partial charge on any atom is -0.420 e. The number of hydrogen-bond acceptors (Lipinski definition) is 10. The lowest BCUT2D eigenvalue weighted by Gasteiger charge is -2.17. The number of halogens is 3. The topological polar surface area (TPSA) is 168 Å². The number of anilines is 1. The quantitative estimate of drug-likeness (QED) is 0.289. The number of imidazole rings is 1. The lowest BCUT2D eigenvalue weighted by molar-refractivity contribution is -0.189. The molecule has 1 amide bonds. The maximum Gasteiger partial charge on any atom is 0.491 e. The van der Waals surface area contributed by atoms with Gasteiger partial charge in [0.15, 0.2) is 17.3 Å². The smallest absolute Gasteiger partial charge is 0.420 e. The van der Waals surface area contributed by atoms with Gasteiger partial charge in [-0.25, -0.2) is 14.4 Å². The minimum atomic E-state index is -5.13. The number of carbonyl (C=O) groups is 2. The highest BCUT2D eigenvalue weighted by molar-refractivity contribution is 6.08. The van der Waals surface area contributed by atoms with E-state index in [2.05, 4.69) is 25.0 Å². The normalized spacial score (nSPS) is 15.8. The zero-order chi connectivity index (χ0) is 27.2. The van der Waals surface area contributed by atoms with Crippen molar-refractivity contribution in [2.45, 2.75) is 32.1 Å². The van der Waals surface area contributed by atoms with Gasteiger partial charge in [0.25, 0.3) is 5.91 Å². The maximum absolute atomic E-state index is 13.5. The summed E-state index contributed by atoms with van der Waals surface area (Å²) in [5.41, 5.74) is 13.9. The highest BCUT2D eigenvalue weighted by atomic mass is 19.4. The van der Waals surface area contributed by atoms with Gasteiger partial charge in [-0.3, -0.25) is 9.78 Å². The van der Waals surface area contributed by atoms with E-state index in [4.69, 9.17) is 16.1 Å². The summed E-state index contributed by atoms with van der Waals surface area (Å²) in [6, 6.07) is 5.14. The number of alkyl halides is 3. The zero-order valence-corrected chi connectivity index (χ0v) is 19.9. The molecule has 1 atom stereocenters. The molecule has 0 spiro atoms. The third kappa shape index (κ3) is 4.40. The van der Waals surface area contributed by atoms with Crippen LogP contribution in [0.1, 0.15) is 23.7 Å². The molecule has 12 nitrogen and oxygen atoms in total. The van der Waals surface area contributed by atoms with Crippen molar-refractivity contribution in [3.8, 4) is 28.5 Å². The molecule has 5 rings (SSSR count). The molecule has 0 bridgehead atoms. The summed E-state index contributed by atoms with van der Waals surface area (Å²) in [5.74, 6) is -2.62. The first kappa shape index (κ1) is 25.1. The van der Waals surface area contributed by atoms with Gasteiger partial charge in [-0.2, -0.15) is 13.2 Å². The summed E-state index contributed by atoms with van der Waals surface area (Å²) >= 11 is 0. The van der Waals surface area contributed by atoms with Crippen molar-refractivity contribution in [3.05, 3.63) is 36.0 Å². The Morgan fingerprint density at radius 1 is 1.18 bits per heavy atom. The number of nitrogen functional groups attached to an aromatic ring is 1. The van der Waals surface area contributed by atoms with Crippen LogP contribution in [0.25, 0.3) is 33.8 Å². The summed E-state index contributed by atoms with van der Waals surface area (Å²) in [4.78, 5) is 35.5. The molecule has 0 radical (unpaired) electrons. The molecule has 4 aromatic rings. The van der Waals surface area contributed by atoms with Gasteiger partial charge in [0.05, 0.1) is 16.8 Å². The van der Waals surface area contributed by atoms with Gasteiger partial charge in [0.1, 0.15) is 11.3 Å². The van der Waals surface area contributed by atoms with E-state index in [0.29, 0.717) is 54.2 Å². The summed E-state index contributed by atoms with van der Waals surface area (Å²) < 4.78 is 48.5. The Balaban J connectivity index is 1.64. The SMILES string of the molecule is CCn1c(-c2nonc2N)nc2c(-c3ccc(OC(=O)C(F)(F)F)cc3)ncc(C(=O)N3CCC(N)C3)c21. The molecule has 1 aliphatic rings. The van der Waals surface area contributed by atoms with E-state index in [1.165, 1.54) is 30.5 Å². The predicted octanol–water partition coefficient (Wildman–Crippen LogP) is 2.39. The number of nitrogens with zero attached hydrogens (tertiary/aromatic N) is 6. The van der Waals surface area contributed by atoms with Crippen LogP contribution in [-0.4, -0.2) is 66.9 Å². The Bertz CT molecular complexity index is 1530. The number of fused-ring (bicyclic) bond motifs is 1. The molecule has 1 saturated heterocycles. The molecule has 38 heavy (non-hydrogen) atoms. The van der Waals surface area contributed by atoms with Crippen molar-refractivity contribution < 1.29 is 32.1 Å². The molecule has 1 fully saturated rings. The first-order chi connectivity index (χ1) is 18.1. The first-order valence-corrected chi connectivity index (χ1v) is 11.5. The monoisotopic (exact) mass is 530 g/mol. The van der Waals surface area contributed by atoms with E-state index in [1.807, 2.05) is 6.92 Å². The van der Waals surface area contributed by atoms with Crippen molar-refractivity contribution in [3.63, 3.8) is 0 Å². The highest BCUT2D eigenvalue weighted by Crippen LogP contribution is 2.35. The number of likely N-dealkylation sites (tertiary alicyclic amines) is 1. The van der Waals surface area contributed by atoms with Crippen molar-refractivity contribution >= 4 is 28.7 Å². The predicted molar refractivity (Wildman–Crippen MR) is 127 cm³/mol. The van der Waals surface area contributed by atoms with Crippen LogP contribution in [0.5, 0.6) is 5.75 Å². The maximum atomic E-state index is 13.5. The van der Waals surface area contributed by atoms with E-state index in [9.17, 15) is 22.8 Å². The zero-order valence-electron chi connectivity index (χ0n) is 19.9. The van der Waals surface area contributed by atoms with Crippen molar-refractivity contribution in [1.82, 2.24) is 29.7 Å². The second-order valence-corrected chi connectivity index (χ2v) is 8.61. The molecular formula is C23H21F3N8O4. The van der Waals surface area contributed by atoms with Gasteiger partial charge in [0.2, 0.25) is 0 Å². The minimum absolute atomic E-state index is 0.00117. The Hall–Kier alpha value is -4.53. The van der Waals surface area contributed by atoms with Crippen LogP contribution in [-0.2, 0) is 11.3 Å². The average molecular weight is 530 g/mol. The molecule has 15 heteroatoms. The second kappa shape index (κ2) is 9.41. The molecule has 4 N–H and O–H groups in total. The molecule has 3 aromatic heterocycles. The first-order valence-electron chi connectivity index (χ1n) is 11.5. The Labute approximate surface area is 212 Å². The van der Waals surface area contributed by atoms with Crippen LogP contribution in [0.3, 0.4) is 0 Å². The summed E-state index contributed by atoms with van der Waals surface area (Å²) in [6.07, 6.45) is -3.04. The fourth-order valence-corrected chi connectivity index (χ4v) is 4.34. The van der Waals surface area contributed by atoms with Crippen molar-refractivity contribution in [1.29, 1.82) is 0 Å². The van der Waals surface area contributed by atoms with Gasteiger partial charge >= 0.3 is 12.1 Å². The number of hydrogen-bond donors (Lipinski definition) is 2. The Kier molecular flexibility index (Phi) is 6.22. The number of nitrogens with two attached hydrogens (primary N) is 2. The number of benzene rings is 1. The van der Waals surface area contributed by atoms with Crippen LogP contribution < -0.4 is 16.2 Å². The lowest BCUT2D eigenvalue weighted by Crippen LogP contribution is -2.32. The van der Waals surface area contributed by atoms with Crippen LogP contribution in [0.2, 0.25) is 0 Å². The molecule has 198 valence electrons.